The fourth-order valence-electron chi connectivity index (χ4n) is 7.24. The minimum absolute atomic E-state index is 0.0271. The number of anilines is 1. The first-order valence-electron chi connectivity index (χ1n) is 17.1. The average Bonchev–Trinajstić information content (AvgIpc) is 3.62. The van der Waals surface area contributed by atoms with E-state index in [2.05, 4.69) is 32.1 Å². The zero-order chi connectivity index (χ0) is 40.6. The van der Waals surface area contributed by atoms with Gasteiger partial charge in [-0.1, -0.05) is 23.6 Å². The normalized spacial score (nSPS) is 17.7. The van der Waals surface area contributed by atoms with Crippen molar-refractivity contribution in [3.05, 3.63) is 93.0 Å². The quantitative estimate of drug-likeness (QED) is 0.108. The first-order chi connectivity index (χ1) is 26.1. The van der Waals surface area contributed by atoms with E-state index in [4.69, 9.17) is 22.3 Å². The Balaban J connectivity index is 1.39. The summed E-state index contributed by atoms with van der Waals surface area (Å²) >= 11 is 6.58. The number of benzene rings is 2. The molecule has 1 fully saturated rings. The summed E-state index contributed by atoms with van der Waals surface area (Å²) < 4.78 is 117. The van der Waals surface area contributed by atoms with Gasteiger partial charge in [-0.25, -0.2) is 31.0 Å². The number of nitrogens with two attached hydrogens (primary N) is 1. The van der Waals surface area contributed by atoms with Crippen LogP contribution in [-0.2, 0) is 40.8 Å². The summed E-state index contributed by atoms with van der Waals surface area (Å²) in [6.07, 6.45) is -2.51. The Hall–Kier alpha value is -5.12. The lowest BCUT2D eigenvalue weighted by molar-refractivity contribution is -0.123. The van der Waals surface area contributed by atoms with Crippen molar-refractivity contribution < 1.29 is 39.6 Å². The Morgan fingerprint density at radius 2 is 1.77 bits per heavy atom. The largest absolute Gasteiger partial charge is 0.346 e. The van der Waals surface area contributed by atoms with Crippen molar-refractivity contribution in [1.29, 1.82) is 0 Å². The third kappa shape index (κ3) is 7.54. The number of carbonyl (C=O) groups is 1. The molecule has 294 valence electrons. The molecule has 0 spiro atoms. The number of nitrogens with zero attached hydrogens (tertiary/aromatic N) is 5. The van der Waals surface area contributed by atoms with E-state index in [0.717, 1.165) is 18.4 Å². The molecule has 2 aliphatic rings. The van der Waals surface area contributed by atoms with Crippen LogP contribution in [0.1, 0.15) is 72.6 Å². The summed E-state index contributed by atoms with van der Waals surface area (Å²) in [7, 11) is -2.28. The zero-order valence-electron chi connectivity index (χ0n) is 30.1. The van der Waals surface area contributed by atoms with Crippen molar-refractivity contribution in [2.75, 3.05) is 11.0 Å². The van der Waals surface area contributed by atoms with Crippen molar-refractivity contribution in [1.82, 2.24) is 29.9 Å². The fourth-order valence-corrected chi connectivity index (χ4v) is 7.98. The average molecular weight is 819 g/mol. The molecule has 5 aromatic rings. The van der Waals surface area contributed by atoms with Gasteiger partial charge < -0.3 is 11.1 Å². The Bertz CT molecular complexity index is 2590. The number of sulfonamides is 1. The molecule has 0 saturated heterocycles. The highest BCUT2D eigenvalue weighted by atomic mass is 35.5. The molecule has 1 amide bonds. The number of amides is 1. The van der Waals surface area contributed by atoms with Crippen LogP contribution in [0.15, 0.2) is 42.5 Å². The van der Waals surface area contributed by atoms with E-state index in [9.17, 15) is 30.8 Å². The number of aryl methyl sites for hydroxylation is 1. The molecule has 0 aliphatic heterocycles. The van der Waals surface area contributed by atoms with E-state index in [-0.39, 0.29) is 51.6 Å². The molecule has 3 aromatic heterocycles. The Morgan fingerprint density at radius 1 is 1.09 bits per heavy atom. The molecular weight excluding hydrogens is 786 g/mol. The number of nitrogens with one attached hydrogen (secondary N) is 2. The summed E-state index contributed by atoms with van der Waals surface area (Å²) in [4.78, 5) is 18.7. The summed E-state index contributed by atoms with van der Waals surface area (Å²) in [5, 5.41) is 11.1. The molecule has 19 heteroatoms. The number of pyridine rings is 1. The highest BCUT2D eigenvalue weighted by Gasteiger charge is 2.67. The van der Waals surface area contributed by atoms with E-state index < -0.39 is 81.3 Å². The molecule has 2 aromatic carbocycles. The van der Waals surface area contributed by atoms with Crippen LogP contribution >= 0.6 is 11.6 Å². The number of fused-ring (bicyclic) bond motifs is 4. The van der Waals surface area contributed by atoms with Gasteiger partial charge >= 0.3 is 0 Å². The number of alkyl halides is 4. The van der Waals surface area contributed by atoms with Gasteiger partial charge in [-0.15, -0.1) is 0 Å². The van der Waals surface area contributed by atoms with E-state index in [1.54, 1.807) is 32.0 Å². The highest BCUT2D eigenvalue weighted by molar-refractivity contribution is 7.92. The third-order valence-electron chi connectivity index (χ3n) is 9.43. The Labute approximate surface area is 321 Å². The second-order valence-electron chi connectivity index (χ2n) is 14.5. The number of carbonyl (C=O) groups excluding carboxylic acids is 1. The molecule has 0 radical (unpaired) electrons. The van der Waals surface area contributed by atoms with Gasteiger partial charge in [0.15, 0.2) is 5.82 Å². The van der Waals surface area contributed by atoms with Gasteiger partial charge in [0, 0.05) is 35.7 Å². The van der Waals surface area contributed by atoms with Crippen LogP contribution in [0.2, 0.25) is 5.02 Å². The van der Waals surface area contributed by atoms with Crippen LogP contribution < -0.4 is 15.8 Å². The van der Waals surface area contributed by atoms with Crippen molar-refractivity contribution in [3.63, 3.8) is 0 Å². The summed E-state index contributed by atoms with van der Waals surface area (Å²) in [6, 6.07) is 7.68. The fraction of sp³-hybridized carbons (Fsp3) is 0.351. The van der Waals surface area contributed by atoms with E-state index in [1.165, 1.54) is 17.8 Å². The predicted octanol–water partition coefficient (Wildman–Crippen LogP) is 6.47. The van der Waals surface area contributed by atoms with Gasteiger partial charge in [-0.2, -0.15) is 19.0 Å². The smallest absolute Gasteiger partial charge is 0.293 e. The maximum absolute atomic E-state index is 15.4. The van der Waals surface area contributed by atoms with Gasteiger partial charge in [0.05, 0.1) is 39.5 Å². The molecule has 11 nitrogen and oxygen atoms in total. The second kappa shape index (κ2) is 13.8. The monoisotopic (exact) mass is 818 g/mol. The molecule has 7 rings (SSSR count). The molecule has 2 aliphatic carbocycles. The zero-order valence-corrected chi connectivity index (χ0v) is 31.6. The molecule has 4 N–H and O–H groups in total. The summed E-state index contributed by atoms with van der Waals surface area (Å²) in [5.74, 6) is -2.59. The lowest BCUT2D eigenvalue weighted by atomic mass is 9.93. The summed E-state index contributed by atoms with van der Waals surface area (Å²) in [6.45, 7) is 2.41. The lowest BCUT2D eigenvalue weighted by Gasteiger charge is -2.23. The van der Waals surface area contributed by atoms with Gasteiger partial charge in [-0.05, 0) is 74.4 Å². The van der Waals surface area contributed by atoms with Crippen molar-refractivity contribution in [2.24, 2.45) is 18.7 Å². The first kappa shape index (κ1) is 39.1. The van der Waals surface area contributed by atoms with Crippen molar-refractivity contribution in [3.8, 4) is 23.0 Å². The minimum atomic E-state index is -3.82. The van der Waals surface area contributed by atoms with Crippen molar-refractivity contribution >= 4 is 44.3 Å². The first-order valence-corrected chi connectivity index (χ1v) is 19.4. The Kier molecular flexibility index (Phi) is 9.65. The van der Waals surface area contributed by atoms with Gasteiger partial charge in [0.2, 0.25) is 15.9 Å². The van der Waals surface area contributed by atoms with E-state index in [0.29, 0.717) is 27.4 Å². The second-order valence-corrected chi connectivity index (χ2v) is 16.7. The van der Waals surface area contributed by atoms with Crippen LogP contribution in [0, 0.1) is 29.4 Å². The maximum Gasteiger partial charge on any atom is 0.293 e. The standard InChI is InChI=1S/C37H33ClF6N8O3S/c1-36(2,45)10-9-20-5-6-21(22-7-8-25(38)29-32(22)51(3)49-35(29)50-56(4,54)55)30(46-20)26(13-17-11-18(39)14-19(40)12-17)47-27(53)16-52-33-28(31(48-52)34(41)42)23-15-24(23)37(33,43)44/h5-8,11-12,14,23-24,26,34H,13,15-16,45H2,1-4H3,(H,47,53)(H,49,50)/t23-,24+,26-/m0/s1. The van der Waals surface area contributed by atoms with E-state index in [1.807, 2.05) is 0 Å². The van der Waals surface area contributed by atoms with Gasteiger partial charge in [0.25, 0.3) is 12.3 Å². The van der Waals surface area contributed by atoms with Gasteiger partial charge in [0.1, 0.15) is 35.3 Å². The number of rotatable bonds is 10. The van der Waals surface area contributed by atoms with Crippen LogP contribution in [0.3, 0.4) is 0 Å². The van der Waals surface area contributed by atoms with Crippen LogP contribution in [0.25, 0.3) is 22.0 Å². The van der Waals surface area contributed by atoms with Crippen LogP contribution in [0.5, 0.6) is 0 Å². The number of aromatic nitrogens is 5. The number of hydrogen-bond acceptors (Lipinski definition) is 7. The van der Waals surface area contributed by atoms with E-state index >= 15 is 8.78 Å². The molecule has 0 unspecified atom stereocenters. The molecule has 3 heterocycles. The minimum Gasteiger partial charge on any atom is -0.346 e. The van der Waals surface area contributed by atoms with Crippen LogP contribution in [-0.4, -0.2) is 50.7 Å². The maximum atomic E-state index is 15.4. The molecular formula is C37H33ClF6N8O3S. The predicted molar refractivity (Wildman–Crippen MR) is 195 cm³/mol. The summed E-state index contributed by atoms with van der Waals surface area (Å²) in [5.41, 5.74) is 4.61. The highest BCUT2D eigenvalue weighted by Crippen LogP contribution is 2.68. The van der Waals surface area contributed by atoms with Gasteiger partial charge in [-0.3, -0.25) is 18.9 Å². The molecule has 56 heavy (non-hydrogen) atoms. The lowest BCUT2D eigenvalue weighted by Crippen LogP contribution is -2.35. The molecule has 1 saturated carbocycles. The topological polar surface area (TPSA) is 150 Å². The van der Waals surface area contributed by atoms with Crippen LogP contribution in [0.4, 0.5) is 32.2 Å². The van der Waals surface area contributed by atoms with Crippen molar-refractivity contribution in [2.45, 2.75) is 63.1 Å². The third-order valence-corrected chi connectivity index (χ3v) is 10.3. The SMILES string of the molecule is Cn1nc(NS(C)(=O)=O)c2c(Cl)ccc(-c3ccc(C#CC(C)(C)N)nc3[C@H](Cc3cc(F)cc(F)c3)NC(=O)Cn3nc(C(F)F)c4c3C(F)(F)[C@@H]3C[C@H]43)c21. The number of hydrogen-bond donors (Lipinski definition) is 3. The number of halogens is 7. The Morgan fingerprint density at radius 3 is 2.41 bits per heavy atom. The molecule has 0 bridgehead atoms. The molecule has 3 atom stereocenters.